The Kier molecular flexibility index (Phi) is 6.51. The number of carbonyl (C=O) groups excluding carboxylic acids is 3. The van der Waals surface area contributed by atoms with Crippen LogP contribution in [0.5, 0.6) is 5.75 Å². The highest BCUT2D eigenvalue weighted by atomic mass is 35.5. The maximum Gasteiger partial charge on any atom is 0.290 e. The van der Waals surface area contributed by atoms with Crippen LogP contribution in [0.25, 0.3) is 6.08 Å². The van der Waals surface area contributed by atoms with E-state index >= 15 is 0 Å². The van der Waals surface area contributed by atoms with Crippen LogP contribution < -0.4 is 15.4 Å². The Morgan fingerprint density at radius 3 is 2.57 bits per heavy atom. The fourth-order valence-electron chi connectivity index (χ4n) is 2.24. The summed E-state index contributed by atoms with van der Waals surface area (Å²) in [4.78, 5) is 35.4. The number of hydrogen-bond acceptors (Lipinski definition) is 5. The van der Waals surface area contributed by atoms with Crippen molar-refractivity contribution in [2.75, 3.05) is 11.9 Å². The molecule has 1 aliphatic heterocycles. The summed E-state index contributed by atoms with van der Waals surface area (Å²) in [6.45, 7) is -0.295. The van der Waals surface area contributed by atoms with E-state index in [9.17, 15) is 14.4 Å². The number of halogens is 3. The van der Waals surface area contributed by atoms with Crippen LogP contribution >= 0.6 is 46.6 Å². The number of ether oxygens (including phenoxy) is 1. The van der Waals surface area contributed by atoms with Gasteiger partial charge in [-0.05, 0) is 54.2 Å². The van der Waals surface area contributed by atoms with Crippen molar-refractivity contribution in [2.45, 2.75) is 0 Å². The maximum absolute atomic E-state index is 12.1. The quantitative estimate of drug-likeness (QED) is 0.618. The Morgan fingerprint density at radius 1 is 1.11 bits per heavy atom. The van der Waals surface area contributed by atoms with Gasteiger partial charge in [-0.25, -0.2) is 0 Å². The van der Waals surface area contributed by atoms with Crippen LogP contribution in [-0.4, -0.2) is 23.7 Å². The lowest BCUT2D eigenvalue weighted by molar-refractivity contribution is -0.118. The van der Waals surface area contributed by atoms with Crippen molar-refractivity contribution in [3.8, 4) is 5.75 Å². The van der Waals surface area contributed by atoms with Crippen molar-refractivity contribution < 1.29 is 19.1 Å². The third-order valence-electron chi connectivity index (χ3n) is 3.46. The first-order valence-electron chi connectivity index (χ1n) is 7.74. The molecule has 0 bridgehead atoms. The molecular weight excluding hydrogens is 447 g/mol. The van der Waals surface area contributed by atoms with Gasteiger partial charge < -0.3 is 10.1 Å². The van der Waals surface area contributed by atoms with Crippen molar-refractivity contribution in [1.82, 2.24) is 5.32 Å². The van der Waals surface area contributed by atoms with E-state index in [1.54, 1.807) is 30.3 Å². The number of nitrogens with one attached hydrogen (secondary N) is 2. The Labute approximate surface area is 179 Å². The first-order chi connectivity index (χ1) is 13.3. The molecule has 0 unspecified atom stereocenters. The van der Waals surface area contributed by atoms with Gasteiger partial charge in [-0.15, -0.1) is 0 Å². The van der Waals surface area contributed by atoms with E-state index in [-0.39, 0.29) is 11.5 Å². The van der Waals surface area contributed by atoms with E-state index in [0.29, 0.717) is 32.1 Å². The Bertz CT molecular complexity index is 1010. The van der Waals surface area contributed by atoms with Gasteiger partial charge in [0.2, 0.25) is 0 Å². The number of rotatable bonds is 5. The van der Waals surface area contributed by atoms with Crippen molar-refractivity contribution in [1.29, 1.82) is 0 Å². The number of amides is 3. The van der Waals surface area contributed by atoms with Gasteiger partial charge in [-0.2, -0.15) is 0 Å². The monoisotopic (exact) mass is 456 g/mol. The smallest absolute Gasteiger partial charge is 0.290 e. The minimum Gasteiger partial charge on any atom is -0.483 e. The molecule has 2 N–H and O–H groups in total. The van der Waals surface area contributed by atoms with Gasteiger partial charge in [0, 0.05) is 16.3 Å². The number of anilines is 1. The number of imide groups is 1. The largest absolute Gasteiger partial charge is 0.483 e. The standard InChI is InChI=1S/C18H11Cl3N2O4S/c19-10-1-4-14(9(5-10)6-15-17(25)23-18(26)28-15)27-8-16(24)22-11-2-3-12(20)13(21)7-11/h1-7H,8H2,(H,22,24)(H,23,25,26)/b15-6-. The zero-order valence-electron chi connectivity index (χ0n) is 13.9. The average Bonchev–Trinajstić information content (AvgIpc) is 2.94. The van der Waals surface area contributed by atoms with Gasteiger partial charge >= 0.3 is 0 Å². The lowest BCUT2D eigenvalue weighted by Crippen LogP contribution is -2.20. The zero-order valence-corrected chi connectivity index (χ0v) is 17.0. The summed E-state index contributed by atoms with van der Waals surface area (Å²) >= 11 is 18.5. The Morgan fingerprint density at radius 2 is 1.89 bits per heavy atom. The van der Waals surface area contributed by atoms with E-state index in [1.165, 1.54) is 12.1 Å². The number of hydrogen-bond donors (Lipinski definition) is 2. The SMILES string of the molecule is O=C(COc1ccc(Cl)cc1/C=C1\SC(=O)NC1=O)Nc1ccc(Cl)c(Cl)c1. The third kappa shape index (κ3) is 5.20. The molecule has 6 nitrogen and oxygen atoms in total. The van der Waals surface area contributed by atoms with E-state index in [4.69, 9.17) is 39.5 Å². The summed E-state index contributed by atoms with van der Waals surface area (Å²) in [5.41, 5.74) is 0.932. The molecule has 3 rings (SSSR count). The molecule has 2 aromatic carbocycles. The first-order valence-corrected chi connectivity index (χ1v) is 9.69. The highest BCUT2D eigenvalue weighted by Gasteiger charge is 2.25. The van der Waals surface area contributed by atoms with Gasteiger partial charge in [0.05, 0.1) is 15.0 Å². The highest BCUT2D eigenvalue weighted by molar-refractivity contribution is 8.18. The Balaban J connectivity index is 1.71. The maximum atomic E-state index is 12.1. The fraction of sp³-hybridized carbons (Fsp3) is 0.0556. The lowest BCUT2D eigenvalue weighted by Gasteiger charge is -2.11. The van der Waals surface area contributed by atoms with Gasteiger partial charge in [-0.1, -0.05) is 34.8 Å². The van der Waals surface area contributed by atoms with Crippen LogP contribution in [0.2, 0.25) is 15.1 Å². The van der Waals surface area contributed by atoms with Crippen LogP contribution in [-0.2, 0) is 9.59 Å². The van der Waals surface area contributed by atoms with Crippen LogP contribution in [0, 0.1) is 0 Å². The summed E-state index contributed by atoms with van der Waals surface area (Å²) in [5, 5.41) is 5.45. The highest BCUT2D eigenvalue weighted by Crippen LogP contribution is 2.31. The van der Waals surface area contributed by atoms with Crippen molar-refractivity contribution in [3.63, 3.8) is 0 Å². The number of benzene rings is 2. The topological polar surface area (TPSA) is 84.5 Å². The van der Waals surface area contributed by atoms with E-state index in [2.05, 4.69) is 10.6 Å². The summed E-state index contributed by atoms with van der Waals surface area (Å²) < 4.78 is 5.55. The lowest BCUT2D eigenvalue weighted by atomic mass is 10.2. The van der Waals surface area contributed by atoms with Crippen molar-refractivity contribution >= 4 is 75.4 Å². The molecule has 0 aliphatic carbocycles. The van der Waals surface area contributed by atoms with Gasteiger partial charge in [0.1, 0.15) is 5.75 Å². The minimum absolute atomic E-state index is 0.206. The van der Waals surface area contributed by atoms with Crippen LogP contribution in [0.15, 0.2) is 41.3 Å². The average molecular weight is 458 g/mol. The molecule has 1 heterocycles. The summed E-state index contributed by atoms with van der Waals surface area (Å²) in [7, 11) is 0. The molecule has 0 aromatic heterocycles. The zero-order chi connectivity index (χ0) is 20.3. The Hall–Kier alpha value is -2.19. The number of thioether (sulfide) groups is 1. The van der Waals surface area contributed by atoms with E-state index < -0.39 is 17.1 Å². The van der Waals surface area contributed by atoms with E-state index in [1.807, 2.05) is 0 Å². The second-order valence-electron chi connectivity index (χ2n) is 5.50. The van der Waals surface area contributed by atoms with Crippen LogP contribution in [0.1, 0.15) is 5.56 Å². The fourth-order valence-corrected chi connectivity index (χ4v) is 3.39. The predicted octanol–water partition coefficient (Wildman–Crippen LogP) is 4.99. The first kappa shape index (κ1) is 20.5. The normalized spacial score (nSPS) is 14.9. The van der Waals surface area contributed by atoms with Gasteiger partial charge in [0.25, 0.3) is 17.1 Å². The second-order valence-corrected chi connectivity index (χ2v) is 7.77. The molecular formula is C18H11Cl3N2O4S. The molecule has 1 aliphatic rings. The van der Waals surface area contributed by atoms with Crippen LogP contribution in [0.4, 0.5) is 10.5 Å². The third-order valence-corrected chi connectivity index (χ3v) is 5.25. The molecule has 144 valence electrons. The van der Waals surface area contributed by atoms with Crippen molar-refractivity contribution in [3.05, 3.63) is 61.9 Å². The summed E-state index contributed by atoms with van der Waals surface area (Å²) in [5.74, 6) is -0.595. The molecule has 28 heavy (non-hydrogen) atoms. The van der Waals surface area contributed by atoms with Crippen molar-refractivity contribution in [2.24, 2.45) is 0 Å². The molecule has 10 heteroatoms. The summed E-state index contributed by atoms with van der Waals surface area (Å²) in [6, 6.07) is 9.42. The predicted molar refractivity (Wildman–Crippen MR) is 111 cm³/mol. The van der Waals surface area contributed by atoms with Crippen LogP contribution in [0.3, 0.4) is 0 Å². The molecule has 0 atom stereocenters. The van der Waals surface area contributed by atoms with E-state index in [0.717, 1.165) is 11.8 Å². The molecule has 2 aromatic rings. The molecule has 0 spiro atoms. The molecule has 1 fully saturated rings. The second kappa shape index (κ2) is 8.87. The van der Waals surface area contributed by atoms with Gasteiger partial charge in [-0.3, -0.25) is 19.7 Å². The molecule has 0 radical (unpaired) electrons. The minimum atomic E-state index is -0.502. The number of carbonyl (C=O) groups is 3. The molecule has 0 saturated carbocycles. The molecule has 3 amide bonds. The summed E-state index contributed by atoms with van der Waals surface area (Å²) in [6.07, 6.45) is 1.48. The molecule has 1 saturated heterocycles. The van der Waals surface area contributed by atoms with Gasteiger partial charge in [0.15, 0.2) is 6.61 Å².